The third-order valence-corrected chi connectivity index (χ3v) is 5.86. The average Bonchev–Trinajstić information content (AvgIpc) is 2.94. The first-order valence-electron chi connectivity index (χ1n) is 7.43. The Kier molecular flexibility index (Phi) is 6.21. The zero-order valence-corrected chi connectivity index (χ0v) is 16.2. The van der Waals surface area contributed by atoms with E-state index in [1.54, 1.807) is 23.5 Å². The minimum absolute atomic E-state index is 0.121. The summed E-state index contributed by atoms with van der Waals surface area (Å²) >= 11 is 9.10. The second kappa shape index (κ2) is 7.96. The molecule has 0 saturated carbocycles. The SMILES string of the molecule is CC.Cc1cc([N+](=O)[O-])cc(C)c1Sc1nc2cc(Cl)ccc2s1. The predicted molar refractivity (Wildman–Crippen MR) is 103 cm³/mol. The summed E-state index contributed by atoms with van der Waals surface area (Å²) in [6, 6.07) is 8.83. The molecule has 0 aliphatic heterocycles. The third kappa shape index (κ3) is 4.06. The summed E-state index contributed by atoms with van der Waals surface area (Å²) in [6.45, 7) is 7.76. The van der Waals surface area contributed by atoms with Crippen molar-refractivity contribution < 1.29 is 4.92 Å². The van der Waals surface area contributed by atoms with Gasteiger partial charge in [-0.25, -0.2) is 4.98 Å². The molecule has 3 aromatic rings. The van der Waals surface area contributed by atoms with Gasteiger partial charge in [-0.05, 0) is 43.2 Å². The quantitative estimate of drug-likeness (QED) is 0.377. The molecule has 0 bridgehead atoms. The van der Waals surface area contributed by atoms with Crippen molar-refractivity contribution in [2.24, 2.45) is 0 Å². The van der Waals surface area contributed by atoms with Crippen LogP contribution in [0.2, 0.25) is 5.02 Å². The van der Waals surface area contributed by atoms with E-state index in [0.717, 1.165) is 30.6 Å². The van der Waals surface area contributed by atoms with Gasteiger partial charge in [-0.3, -0.25) is 10.1 Å². The van der Waals surface area contributed by atoms with E-state index in [-0.39, 0.29) is 10.6 Å². The number of benzene rings is 2. The second-order valence-corrected chi connectivity index (χ2v) is 7.58. The number of hydrogen-bond donors (Lipinski definition) is 0. The number of nitro groups is 1. The van der Waals surface area contributed by atoms with Crippen LogP contribution in [-0.4, -0.2) is 9.91 Å². The topological polar surface area (TPSA) is 56.0 Å². The van der Waals surface area contributed by atoms with Crippen LogP contribution in [0.3, 0.4) is 0 Å². The lowest BCUT2D eigenvalue weighted by Gasteiger charge is -2.07. The Morgan fingerprint density at radius 3 is 2.38 bits per heavy atom. The Labute approximate surface area is 154 Å². The monoisotopic (exact) mass is 380 g/mol. The van der Waals surface area contributed by atoms with Gasteiger partial charge in [0.05, 0.1) is 15.1 Å². The van der Waals surface area contributed by atoms with Crippen LogP contribution in [0.15, 0.2) is 39.6 Å². The minimum atomic E-state index is -0.367. The molecule has 24 heavy (non-hydrogen) atoms. The number of aryl methyl sites for hydroxylation is 2. The van der Waals surface area contributed by atoms with Crippen LogP contribution in [0, 0.1) is 24.0 Å². The number of nitrogens with zero attached hydrogens (tertiary/aromatic N) is 2. The van der Waals surface area contributed by atoms with Crippen LogP contribution in [0.25, 0.3) is 10.2 Å². The molecule has 1 heterocycles. The molecule has 0 amide bonds. The Bertz CT molecular complexity index is 870. The molecule has 0 N–H and O–H groups in total. The van der Waals surface area contributed by atoms with Gasteiger partial charge >= 0.3 is 0 Å². The maximum atomic E-state index is 10.9. The van der Waals surface area contributed by atoms with E-state index < -0.39 is 0 Å². The Balaban J connectivity index is 0.00000100. The Morgan fingerprint density at radius 1 is 1.17 bits per heavy atom. The minimum Gasteiger partial charge on any atom is -0.258 e. The predicted octanol–water partition coefficient (Wildman–Crippen LogP) is 6.65. The van der Waals surface area contributed by atoms with Crippen LogP contribution in [0.5, 0.6) is 0 Å². The highest BCUT2D eigenvalue weighted by Crippen LogP contribution is 2.39. The van der Waals surface area contributed by atoms with E-state index in [1.165, 1.54) is 11.8 Å². The van der Waals surface area contributed by atoms with E-state index in [4.69, 9.17) is 11.6 Å². The van der Waals surface area contributed by atoms with Crippen LogP contribution in [0.4, 0.5) is 5.69 Å². The molecule has 4 nitrogen and oxygen atoms in total. The molecule has 1 aromatic heterocycles. The van der Waals surface area contributed by atoms with Crippen molar-refractivity contribution in [3.63, 3.8) is 0 Å². The van der Waals surface area contributed by atoms with Crippen molar-refractivity contribution in [3.05, 3.63) is 56.6 Å². The van der Waals surface area contributed by atoms with Crippen LogP contribution in [-0.2, 0) is 0 Å². The molecule has 0 radical (unpaired) electrons. The van der Waals surface area contributed by atoms with Gasteiger partial charge in [0.1, 0.15) is 0 Å². The van der Waals surface area contributed by atoms with Gasteiger partial charge in [-0.15, -0.1) is 11.3 Å². The molecular weight excluding hydrogens is 364 g/mol. The van der Waals surface area contributed by atoms with Crippen molar-refractivity contribution in [3.8, 4) is 0 Å². The summed E-state index contributed by atoms with van der Waals surface area (Å²) < 4.78 is 1.97. The van der Waals surface area contributed by atoms with Crippen molar-refractivity contribution >= 4 is 50.6 Å². The van der Waals surface area contributed by atoms with E-state index >= 15 is 0 Å². The lowest BCUT2D eigenvalue weighted by molar-refractivity contribution is -0.385. The summed E-state index contributed by atoms with van der Waals surface area (Å²) in [5.41, 5.74) is 2.76. The lowest BCUT2D eigenvalue weighted by atomic mass is 10.1. The molecule has 3 rings (SSSR count). The van der Waals surface area contributed by atoms with Gasteiger partial charge in [0, 0.05) is 22.1 Å². The lowest BCUT2D eigenvalue weighted by Crippen LogP contribution is -1.92. The number of fused-ring (bicyclic) bond motifs is 1. The van der Waals surface area contributed by atoms with E-state index in [9.17, 15) is 10.1 Å². The molecule has 126 valence electrons. The number of rotatable bonds is 3. The van der Waals surface area contributed by atoms with Crippen LogP contribution < -0.4 is 0 Å². The highest BCUT2D eigenvalue weighted by atomic mass is 35.5. The summed E-state index contributed by atoms with van der Waals surface area (Å²) in [6.07, 6.45) is 0. The fraction of sp³-hybridized carbons (Fsp3) is 0.235. The maximum Gasteiger partial charge on any atom is 0.270 e. The highest BCUT2D eigenvalue weighted by molar-refractivity contribution is 8.01. The standard InChI is InChI=1S/C15H11ClN2O2S2.C2H6/c1-8-5-11(18(19)20)6-9(2)14(8)22-15-17-12-7-10(16)3-4-13(12)21-15;1-2/h3-7H,1-2H3;1-2H3. The molecule has 0 aliphatic carbocycles. The molecule has 0 fully saturated rings. The third-order valence-electron chi connectivity index (χ3n) is 3.18. The van der Waals surface area contributed by atoms with E-state index in [1.807, 2.05) is 45.9 Å². The smallest absolute Gasteiger partial charge is 0.258 e. The summed E-state index contributed by atoms with van der Waals surface area (Å²) in [5.74, 6) is 0. The zero-order chi connectivity index (χ0) is 17.9. The fourth-order valence-electron chi connectivity index (χ4n) is 2.20. The highest BCUT2D eigenvalue weighted by Gasteiger charge is 2.15. The summed E-state index contributed by atoms with van der Waals surface area (Å²) in [4.78, 5) is 16.1. The molecule has 7 heteroatoms. The first kappa shape index (κ1) is 18.7. The van der Waals surface area contributed by atoms with Crippen LogP contribution >= 0.6 is 34.7 Å². The molecule has 0 aliphatic rings. The number of hydrogen-bond acceptors (Lipinski definition) is 5. The molecule has 0 spiro atoms. The van der Waals surface area contributed by atoms with Gasteiger partial charge < -0.3 is 0 Å². The number of halogens is 1. The number of nitro benzene ring substituents is 1. The van der Waals surface area contributed by atoms with Crippen molar-refractivity contribution in [2.75, 3.05) is 0 Å². The van der Waals surface area contributed by atoms with Gasteiger partial charge in [0.25, 0.3) is 5.69 Å². The second-order valence-electron chi connectivity index (χ2n) is 4.86. The van der Waals surface area contributed by atoms with E-state index in [0.29, 0.717) is 5.02 Å². The Hall–Kier alpha value is -1.63. The first-order valence-corrected chi connectivity index (χ1v) is 9.45. The van der Waals surface area contributed by atoms with Crippen molar-refractivity contribution in [1.29, 1.82) is 0 Å². The maximum absolute atomic E-state index is 10.9. The van der Waals surface area contributed by atoms with E-state index in [2.05, 4.69) is 4.98 Å². The largest absolute Gasteiger partial charge is 0.270 e. The van der Waals surface area contributed by atoms with Crippen molar-refractivity contribution in [1.82, 2.24) is 4.98 Å². The number of non-ortho nitro benzene ring substituents is 1. The number of thiazole rings is 1. The van der Waals surface area contributed by atoms with Gasteiger partial charge in [0.15, 0.2) is 4.34 Å². The average molecular weight is 381 g/mol. The molecule has 0 atom stereocenters. The summed E-state index contributed by atoms with van der Waals surface area (Å²) in [7, 11) is 0. The van der Waals surface area contributed by atoms with Crippen molar-refractivity contribution in [2.45, 2.75) is 36.9 Å². The van der Waals surface area contributed by atoms with Crippen LogP contribution in [0.1, 0.15) is 25.0 Å². The summed E-state index contributed by atoms with van der Waals surface area (Å²) in [5, 5.41) is 11.6. The molecule has 0 unspecified atom stereocenters. The van der Waals surface area contributed by atoms with Gasteiger partial charge in [-0.1, -0.05) is 37.2 Å². The Morgan fingerprint density at radius 2 is 1.79 bits per heavy atom. The first-order chi connectivity index (χ1) is 11.4. The number of aromatic nitrogens is 1. The molecular formula is C17H17ClN2O2S2. The fourth-order valence-corrected chi connectivity index (χ4v) is 4.49. The van der Waals surface area contributed by atoms with Gasteiger partial charge in [-0.2, -0.15) is 0 Å². The molecule has 0 saturated heterocycles. The van der Waals surface area contributed by atoms with Gasteiger partial charge in [0.2, 0.25) is 0 Å². The zero-order valence-electron chi connectivity index (χ0n) is 13.8. The molecule has 2 aromatic carbocycles. The normalized spacial score (nSPS) is 10.4.